The summed E-state index contributed by atoms with van der Waals surface area (Å²) in [7, 11) is 0. The number of nitrogens with zero attached hydrogens (tertiary/aromatic N) is 1. The van der Waals surface area contributed by atoms with Crippen molar-refractivity contribution < 1.29 is 14.4 Å². The first-order valence-electron chi connectivity index (χ1n) is 9.02. The van der Waals surface area contributed by atoms with Crippen LogP contribution in [0.25, 0.3) is 0 Å². The minimum absolute atomic E-state index is 0.0303. The van der Waals surface area contributed by atoms with Crippen molar-refractivity contribution in [1.82, 2.24) is 5.32 Å². The Balaban J connectivity index is 1.55. The van der Waals surface area contributed by atoms with Crippen molar-refractivity contribution >= 4 is 23.4 Å². The highest BCUT2D eigenvalue weighted by Crippen LogP contribution is 2.50. The number of hydrogen-bond acceptors (Lipinski definition) is 3. The van der Waals surface area contributed by atoms with Gasteiger partial charge in [0.05, 0.1) is 23.9 Å². The first kappa shape index (κ1) is 16.1. The molecule has 1 N–H and O–H groups in total. The lowest BCUT2D eigenvalue weighted by Crippen LogP contribution is -2.38. The van der Waals surface area contributed by atoms with E-state index in [2.05, 4.69) is 17.5 Å². The molecule has 130 valence electrons. The van der Waals surface area contributed by atoms with Crippen LogP contribution in [0.1, 0.15) is 25.3 Å². The van der Waals surface area contributed by atoms with Gasteiger partial charge in [0.1, 0.15) is 0 Å². The minimum atomic E-state index is -0.189. The van der Waals surface area contributed by atoms with Crippen LogP contribution in [-0.4, -0.2) is 24.3 Å². The molecule has 4 aliphatic rings. The van der Waals surface area contributed by atoms with Crippen LogP contribution in [0.15, 0.2) is 36.4 Å². The fourth-order valence-corrected chi connectivity index (χ4v) is 4.54. The predicted molar refractivity (Wildman–Crippen MR) is 93.7 cm³/mol. The summed E-state index contributed by atoms with van der Waals surface area (Å²) in [6, 6.07) is 7.19. The van der Waals surface area contributed by atoms with E-state index in [4.69, 9.17) is 0 Å². The lowest BCUT2D eigenvalue weighted by Gasteiger charge is -2.38. The molecule has 5 rings (SSSR count). The molecular weight excluding hydrogens is 316 g/mol. The van der Waals surface area contributed by atoms with E-state index in [1.165, 1.54) is 4.90 Å². The SMILES string of the molecule is CCNC(=O)Cc1ccc(N2C(=O)C3C4C=CC(CC4)C3C2=O)cc1. The van der Waals surface area contributed by atoms with E-state index in [1.54, 1.807) is 12.1 Å². The third-order valence-electron chi connectivity index (χ3n) is 5.69. The molecule has 1 heterocycles. The van der Waals surface area contributed by atoms with E-state index in [0.717, 1.165) is 18.4 Å². The molecule has 5 heteroatoms. The summed E-state index contributed by atoms with van der Waals surface area (Å²) >= 11 is 0. The Bertz CT molecular complexity index is 721. The van der Waals surface area contributed by atoms with Crippen molar-refractivity contribution in [2.45, 2.75) is 26.2 Å². The number of allylic oxidation sites excluding steroid dienone is 2. The number of nitrogens with one attached hydrogen (secondary N) is 1. The van der Waals surface area contributed by atoms with Crippen LogP contribution in [0.2, 0.25) is 0 Å². The van der Waals surface area contributed by atoms with Gasteiger partial charge in [-0.2, -0.15) is 0 Å². The molecular formula is C20H22N2O3. The molecule has 2 fully saturated rings. The zero-order chi connectivity index (χ0) is 17.6. The van der Waals surface area contributed by atoms with Gasteiger partial charge in [0.2, 0.25) is 17.7 Å². The molecule has 1 aromatic rings. The van der Waals surface area contributed by atoms with Gasteiger partial charge in [0.25, 0.3) is 0 Å². The monoisotopic (exact) mass is 338 g/mol. The van der Waals surface area contributed by atoms with Crippen molar-refractivity contribution in [3.05, 3.63) is 42.0 Å². The van der Waals surface area contributed by atoms with E-state index in [1.807, 2.05) is 19.1 Å². The highest BCUT2D eigenvalue weighted by molar-refractivity contribution is 6.22. The minimum Gasteiger partial charge on any atom is -0.356 e. The fourth-order valence-electron chi connectivity index (χ4n) is 4.54. The summed E-state index contributed by atoms with van der Waals surface area (Å²) in [6.07, 6.45) is 6.55. The van der Waals surface area contributed by atoms with Gasteiger partial charge in [0, 0.05) is 6.54 Å². The van der Waals surface area contributed by atoms with Gasteiger partial charge in [-0.3, -0.25) is 19.3 Å². The topological polar surface area (TPSA) is 66.5 Å². The Hall–Kier alpha value is -2.43. The summed E-state index contributed by atoms with van der Waals surface area (Å²) in [5.74, 6) is -0.132. The van der Waals surface area contributed by atoms with Gasteiger partial charge in [-0.1, -0.05) is 24.3 Å². The average molecular weight is 338 g/mol. The van der Waals surface area contributed by atoms with Crippen molar-refractivity contribution in [3.8, 4) is 0 Å². The van der Waals surface area contributed by atoms with Gasteiger partial charge in [0.15, 0.2) is 0 Å². The predicted octanol–water partition coefficient (Wildman–Crippen LogP) is 2.07. The fraction of sp³-hybridized carbons (Fsp3) is 0.450. The lowest BCUT2D eigenvalue weighted by atomic mass is 9.63. The second-order valence-corrected chi connectivity index (χ2v) is 7.15. The Morgan fingerprint density at radius 1 is 1.04 bits per heavy atom. The first-order chi connectivity index (χ1) is 12.1. The molecule has 0 aromatic heterocycles. The number of hydrogen-bond donors (Lipinski definition) is 1. The van der Waals surface area contributed by atoms with Crippen LogP contribution in [-0.2, 0) is 20.8 Å². The molecule has 1 aromatic carbocycles. The number of anilines is 1. The van der Waals surface area contributed by atoms with Crippen molar-refractivity contribution in [2.75, 3.05) is 11.4 Å². The summed E-state index contributed by atoms with van der Waals surface area (Å²) in [4.78, 5) is 38.8. The molecule has 25 heavy (non-hydrogen) atoms. The summed E-state index contributed by atoms with van der Waals surface area (Å²) in [5, 5.41) is 2.76. The summed E-state index contributed by atoms with van der Waals surface area (Å²) in [5.41, 5.74) is 1.48. The molecule has 2 bridgehead atoms. The molecule has 1 saturated carbocycles. The highest BCUT2D eigenvalue weighted by Gasteiger charge is 2.56. The van der Waals surface area contributed by atoms with Gasteiger partial charge in [-0.25, -0.2) is 0 Å². The van der Waals surface area contributed by atoms with Crippen LogP contribution in [0.5, 0.6) is 0 Å². The lowest BCUT2D eigenvalue weighted by molar-refractivity contribution is -0.124. The number of fused-ring (bicyclic) bond motifs is 1. The standard InChI is InChI=1S/C20H22N2O3/c1-2-21-16(23)11-12-3-9-15(10-4-12)22-19(24)17-13-5-6-14(8-7-13)18(17)20(22)25/h3-6,9-10,13-14,17-18H,2,7-8,11H2,1H3,(H,21,23). The van der Waals surface area contributed by atoms with Crippen LogP contribution in [0.3, 0.4) is 0 Å². The van der Waals surface area contributed by atoms with Crippen molar-refractivity contribution in [1.29, 1.82) is 0 Å². The summed E-state index contributed by atoms with van der Waals surface area (Å²) < 4.78 is 0. The molecule has 4 unspecified atom stereocenters. The van der Waals surface area contributed by atoms with E-state index >= 15 is 0 Å². The Morgan fingerprint density at radius 3 is 2.08 bits per heavy atom. The smallest absolute Gasteiger partial charge is 0.238 e. The number of amides is 3. The maximum absolute atomic E-state index is 12.9. The Labute approximate surface area is 147 Å². The Morgan fingerprint density at radius 2 is 1.60 bits per heavy atom. The first-order valence-corrected chi connectivity index (χ1v) is 9.02. The van der Waals surface area contributed by atoms with Crippen LogP contribution in [0.4, 0.5) is 5.69 Å². The molecule has 1 aliphatic heterocycles. The normalized spacial score (nSPS) is 29.9. The second-order valence-electron chi connectivity index (χ2n) is 7.15. The maximum atomic E-state index is 12.9. The van der Waals surface area contributed by atoms with Gasteiger partial charge < -0.3 is 5.32 Å². The Kier molecular flexibility index (Phi) is 3.94. The number of likely N-dealkylation sites (N-methyl/N-ethyl adjacent to an activating group) is 1. The van der Waals surface area contributed by atoms with Crippen LogP contribution >= 0.6 is 0 Å². The largest absolute Gasteiger partial charge is 0.356 e. The zero-order valence-corrected chi connectivity index (χ0v) is 14.3. The zero-order valence-electron chi connectivity index (χ0n) is 14.3. The second kappa shape index (κ2) is 6.14. The molecule has 3 amide bonds. The molecule has 0 spiro atoms. The molecule has 3 aliphatic carbocycles. The number of imide groups is 1. The quantitative estimate of drug-likeness (QED) is 0.675. The average Bonchev–Trinajstić information content (AvgIpc) is 2.90. The molecule has 4 atom stereocenters. The van der Waals surface area contributed by atoms with E-state index < -0.39 is 0 Å². The third-order valence-corrected chi connectivity index (χ3v) is 5.69. The van der Waals surface area contributed by atoms with Crippen LogP contribution in [0, 0.1) is 23.7 Å². The van der Waals surface area contributed by atoms with Crippen LogP contribution < -0.4 is 10.2 Å². The number of benzene rings is 1. The molecule has 1 saturated heterocycles. The summed E-state index contributed by atoms with van der Waals surface area (Å²) in [6.45, 7) is 2.49. The van der Waals surface area contributed by atoms with Gasteiger partial charge in [-0.15, -0.1) is 0 Å². The van der Waals surface area contributed by atoms with Gasteiger partial charge in [-0.05, 0) is 49.3 Å². The van der Waals surface area contributed by atoms with Gasteiger partial charge >= 0.3 is 0 Å². The number of rotatable bonds is 4. The maximum Gasteiger partial charge on any atom is 0.238 e. The van der Waals surface area contributed by atoms with E-state index in [9.17, 15) is 14.4 Å². The van der Waals surface area contributed by atoms with E-state index in [-0.39, 0.29) is 41.4 Å². The number of carbonyl (C=O) groups excluding carboxylic acids is 3. The van der Waals surface area contributed by atoms with Crippen molar-refractivity contribution in [3.63, 3.8) is 0 Å². The van der Waals surface area contributed by atoms with Crippen molar-refractivity contribution in [2.24, 2.45) is 23.7 Å². The molecule has 5 nitrogen and oxygen atoms in total. The molecule has 0 radical (unpaired) electrons. The highest BCUT2D eigenvalue weighted by atomic mass is 16.2. The number of carbonyl (C=O) groups is 3. The third kappa shape index (κ3) is 2.58. The van der Waals surface area contributed by atoms with E-state index in [0.29, 0.717) is 18.7 Å².